The fraction of sp³-hybridized carbons (Fsp3) is 0.652. The van der Waals surface area contributed by atoms with E-state index < -0.39 is 28.8 Å². The molecule has 1 heterocycles. The minimum atomic E-state index is -1.000. The normalized spacial score (nSPS) is 36.0. The lowest BCUT2D eigenvalue weighted by Crippen LogP contribution is -2.72. The first-order valence-electron chi connectivity index (χ1n) is 11.9. The molecule has 12 heteroatoms. The molecule has 3 aliphatic carbocycles. The van der Waals surface area contributed by atoms with Crippen molar-refractivity contribution in [1.82, 2.24) is 0 Å². The van der Waals surface area contributed by atoms with Crippen molar-refractivity contribution in [3.63, 3.8) is 0 Å². The van der Waals surface area contributed by atoms with Crippen LogP contribution in [-0.2, 0) is 24.1 Å². The SMILES string of the molecule is C/C(O)=[NH+]/OCC1CC2CC1C1(C2)OO[C@]2(CCC[C@@H](OC(=O)Oc3ccc([N+](=O)[O-])cc3)C2)O1. The van der Waals surface area contributed by atoms with E-state index in [1.807, 2.05) is 0 Å². The Labute approximate surface area is 201 Å². The molecule has 6 atom stereocenters. The summed E-state index contributed by atoms with van der Waals surface area (Å²) in [4.78, 5) is 39.7. The molecule has 4 aliphatic rings. The Morgan fingerprint density at radius 1 is 1.26 bits per heavy atom. The molecule has 190 valence electrons. The molecule has 12 nitrogen and oxygen atoms in total. The first-order valence-corrected chi connectivity index (χ1v) is 11.9. The number of carbonyl (C=O) groups is 1. The summed E-state index contributed by atoms with van der Waals surface area (Å²) in [6.45, 7) is 1.92. The topological polar surface area (TPSA) is 150 Å². The summed E-state index contributed by atoms with van der Waals surface area (Å²) in [5, 5.41) is 22.5. The Kier molecular flexibility index (Phi) is 6.28. The van der Waals surface area contributed by atoms with E-state index in [9.17, 15) is 20.0 Å². The van der Waals surface area contributed by atoms with Crippen LogP contribution in [-0.4, -0.2) is 46.4 Å². The molecule has 3 saturated carbocycles. The number of rotatable bonds is 6. The summed E-state index contributed by atoms with van der Waals surface area (Å²) >= 11 is 0. The van der Waals surface area contributed by atoms with Crippen LogP contribution < -0.4 is 9.89 Å². The van der Waals surface area contributed by atoms with Gasteiger partial charge in [0.05, 0.1) is 11.8 Å². The Morgan fingerprint density at radius 3 is 2.77 bits per heavy atom. The van der Waals surface area contributed by atoms with E-state index in [0.717, 1.165) is 19.3 Å². The Bertz CT molecular complexity index is 997. The van der Waals surface area contributed by atoms with E-state index in [4.69, 9.17) is 28.8 Å². The average molecular weight is 493 g/mol. The molecule has 2 N–H and O–H groups in total. The molecule has 1 saturated heterocycles. The lowest BCUT2D eigenvalue weighted by atomic mass is 9.84. The zero-order valence-corrected chi connectivity index (χ0v) is 19.3. The highest BCUT2D eigenvalue weighted by Gasteiger charge is 2.66. The van der Waals surface area contributed by atoms with Crippen molar-refractivity contribution in [2.24, 2.45) is 17.8 Å². The fourth-order valence-electron chi connectivity index (χ4n) is 5.96. The molecule has 1 aliphatic heterocycles. The van der Waals surface area contributed by atoms with Crippen LogP contribution in [0.15, 0.2) is 24.3 Å². The zero-order valence-electron chi connectivity index (χ0n) is 19.3. The first kappa shape index (κ1) is 23.8. The summed E-state index contributed by atoms with van der Waals surface area (Å²) in [5.41, 5.74) is -0.100. The number of fused-ring (bicyclic) bond motifs is 3. The molecule has 5 rings (SSSR count). The molecule has 1 aromatic rings. The Balaban J connectivity index is 1.17. The van der Waals surface area contributed by atoms with E-state index in [0.29, 0.717) is 38.2 Å². The largest absolute Gasteiger partial charge is 0.514 e. The summed E-state index contributed by atoms with van der Waals surface area (Å²) in [6, 6.07) is 5.19. The number of nitrogens with zero attached hydrogens (tertiary/aromatic N) is 1. The maximum atomic E-state index is 12.3. The molecule has 4 fully saturated rings. The maximum absolute atomic E-state index is 12.3. The van der Waals surface area contributed by atoms with Crippen LogP contribution in [0.3, 0.4) is 0 Å². The summed E-state index contributed by atoms with van der Waals surface area (Å²) in [5.74, 6) is -0.957. The second kappa shape index (κ2) is 9.25. The smallest absolute Gasteiger partial charge is 0.461 e. The number of hydrogen-bond acceptors (Lipinski definition) is 9. The third-order valence-corrected chi connectivity index (χ3v) is 7.28. The number of non-ortho nitro benzene ring substituents is 1. The summed E-state index contributed by atoms with van der Waals surface area (Å²) < 4.78 is 17.2. The van der Waals surface area contributed by atoms with Crippen LogP contribution in [0.25, 0.3) is 0 Å². The molecule has 2 spiro atoms. The lowest BCUT2D eigenvalue weighted by molar-refractivity contribution is -0.760. The van der Waals surface area contributed by atoms with E-state index in [-0.39, 0.29) is 29.2 Å². The number of aliphatic hydroxyl groups is 1. The van der Waals surface area contributed by atoms with E-state index >= 15 is 0 Å². The minimum Gasteiger partial charge on any atom is -0.461 e. The van der Waals surface area contributed by atoms with E-state index in [1.54, 1.807) is 0 Å². The van der Waals surface area contributed by atoms with Crippen molar-refractivity contribution >= 4 is 17.7 Å². The van der Waals surface area contributed by atoms with Gasteiger partial charge < -0.3 is 19.3 Å². The summed E-state index contributed by atoms with van der Waals surface area (Å²) in [7, 11) is 0. The quantitative estimate of drug-likeness (QED) is 0.115. The molecule has 4 unspecified atom stereocenters. The van der Waals surface area contributed by atoms with Gasteiger partial charge in [0, 0.05) is 43.2 Å². The fourth-order valence-corrected chi connectivity index (χ4v) is 5.96. The maximum Gasteiger partial charge on any atom is 0.514 e. The number of nitrogens with one attached hydrogen (secondary N) is 1. The lowest BCUT2D eigenvalue weighted by Gasteiger charge is -2.38. The molecule has 0 aromatic heterocycles. The van der Waals surface area contributed by atoms with Crippen molar-refractivity contribution in [1.29, 1.82) is 0 Å². The van der Waals surface area contributed by atoms with Crippen molar-refractivity contribution in [3.8, 4) is 5.75 Å². The average Bonchev–Trinajstić information content (AvgIpc) is 3.46. The van der Waals surface area contributed by atoms with Gasteiger partial charge in [0.1, 0.15) is 11.9 Å². The number of hydrogen-bond donors (Lipinski definition) is 2. The first-order chi connectivity index (χ1) is 16.8. The van der Waals surface area contributed by atoms with Gasteiger partial charge in [0.2, 0.25) is 11.6 Å². The van der Waals surface area contributed by atoms with Gasteiger partial charge in [-0.05, 0) is 48.9 Å². The number of nitro groups is 1. The third-order valence-electron chi connectivity index (χ3n) is 7.28. The van der Waals surface area contributed by atoms with Gasteiger partial charge in [-0.15, -0.1) is 0 Å². The second-order valence-corrected chi connectivity index (χ2v) is 9.84. The van der Waals surface area contributed by atoms with Gasteiger partial charge in [0.15, 0.2) is 6.61 Å². The standard InChI is InChI=1S/C23H28N2O10/c1-14(26)24-30-13-16-9-15-10-20(16)23(11-15)33-22(34-35-23)8-2-3-19(12-22)32-21(27)31-18-6-4-17(5-7-18)25(28)29/h4-7,15-16,19-20H,2-3,8-13H2,1H3,(H,24,26)/p+1/t15?,16?,19-,20?,22+,23?/m1/s1. The number of carbonyl (C=O) groups excluding carboxylic acids is 1. The number of benzene rings is 1. The van der Waals surface area contributed by atoms with Gasteiger partial charge in [-0.1, -0.05) is 0 Å². The molecular formula is C23H29N2O10+. The molecular weight excluding hydrogens is 464 g/mol. The van der Waals surface area contributed by atoms with Crippen LogP contribution in [0.2, 0.25) is 0 Å². The highest BCUT2D eigenvalue weighted by Crippen LogP contribution is 2.61. The number of nitro benzene ring substituents is 1. The van der Waals surface area contributed by atoms with Gasteiger partial charge >= 0.3 is 12.1 Å². The van der Waals surface area contributed by atoms with Crippen LogP contribution in [0, 0.1) is 27.9 Å². The van der Waals surface area contributed by atoms with Crippen molar-refractivity contribution < 1.29 is 48.8 Å². The van der Waals surface area contributed by atoms with Crippen molar-refractivity contribution in [3.05, 3.63) is 34.4 Å². The highest BCUT2D eigenvalue weighted by atomic mass is 17.3. The van der Waals surface area contributed by atoms with Crippen LogP contribution in [0.1, 0.15) is 51.9 Å². The third kappa shape index (κ3) is 4.91. The molecule has 0 amide bonds. The number of aliphatic hydroxyl groups excluding tert-OH is 1. The Morgan fingerprint density at radius 2 is 2.06 bits per heavy atom. The molecule has 35 heavy (non-hydrogen) atoms. The van der Waals surface area contributed by atoms with Crippen LogP contribution in [0.4, 0.5) is 10.5 Å². The monoisotopic (exact) mass is 493 g/mol. The van der Waals surface area contributed by atoms with Crippen LogP contribution in [0.5, 0.6) is 5.75 Å². The van der Waals surface area contributed by atoms with Crippen molar-refractivity contribution in [2.45, 2.75) is 69.5 Å². The van der Waals surface area contributed by atoms with E-state index in [1.165, 1.54) is 31.2 Å². The van der Waals surface area contributed by atoms with Gasteiger partial charge in [-0.25, -0.2) is 4.79 Å². The summed E-state index contributed by atoms with van der Waals surface area (Å²) in [6.07, 6.45) is 3.58. The zero-order chi connectivity index (χ0) is 24.6. The second-order valence-electron chi connectivity index (χ2n) is 9.84. The molecule has 0 radical (unpaired) electrons. The number of ether oxygens (including phenoxy) is 3. The van der Waals surface area contributed by atoms with Gasteiger partial charge in [-0.2, -0.15) is 9.78 Å². The minimum absolute atomic E-state index is 0.00104. The van der Waals surface area contributed by atoms with Gasteiger partial charge in [0.25, 0.3) is 5.69 Å². The van der Waals surface area contributed by atoms with Gasteiger partial charge in [-0.3, -0.25) is 15.0 Å². The van der Waals surface area contributed by atoms with Crippen LogP contribution >= 0.6 is 0 Å². The van der Waals surface area contributed by atoms with E-state index in [2.05, 4.69) is 5.16 Å². The predicted molar refractivity (Wildman–Crippen MR) is 116 cm³/mol. The highest BCUT2D eigenvalue weighted by molar-refractivity contribution is 5.64. The molecule has 1 aromatic carbocycles. The predicted octanol–water partition coefficient (Wildman–Crippen LogP) is 2.46. The molecule has 2 bridgehead atoms. The Hall–Kier alpha value is -2.96. The van der Waals surface area contributed by atoms with Crippen molar-refractivity contribution in [2.75, 3.05) is 6.61 Å².